The monoisotopic (exact) mass is 432 g/mol. The Morgan fingerprint density at radius 1 is 0.929 bits per heavy atom. The molecule has 0 radical (unpaired) electrons. The van der Waals surface area contributed by atoms with Crippen LogP contribution in [0.5, 0.6) is 0 Å². The van der Waals surface area contributed by atoms with Gasteiger partial charge in [-0.1, -0.05) is 24.2 Å². The summed E-state index contributed by atoms with van der Waals surface area (Å²) in [7, 11) is -1.67. The van der Waals surface area contributed by atoms with Crippen molar-refractivity contribution in [1.29, 1.82) is 0 Å². The molecule has 5 nitrogen and oxygen atoms in total. The van der Waals surface area contributed by atoms with Crippen LogP contribution in [-0.4, -0.2) is 50.0 Å². The van der Waals surface area contributed by atoms with Crippen molar-refractivity contribution in [3.05, 3.63) is 0 Å². The van der Waals surface area contributed by atoms with Crippen LogP contribution in [0.4, 0.5) is 4.20 Å². The molecule has 2 rings (SSSR count). The molecule has 0 saturated heterocycles. The minimum atomic E-state index is -1.67. The van der Waals surface area contributed by atoms with E-state index in [2.05, 4.69) is 10.6 Å². The van der Waals surface area contributed by atoms with E-state index >= 15 is 0 Å². The minimum Gasteiger partial charge on any atom is -0.355 e. The number of nitrogens with one attached hydrogen (secondary N) is 2. The maximum Gasteiger partial charge on any atom is 0.230 e. The van der Waals surface area contributed by atoms with Gasteiger partial charge in [0.2, 0.25) is 5.91 Å². The van der Waals surface area contributed by atoms with Gasteiger partial charge in [-0.15, -0.1) is 0 Å². The number of carbonyl (C=O) groups excluding carboxylic acids is 3. The highest BCUT2D eigenvalue weighted by Gasteiger charge is 2.42. The fourth-order valence-corrected chi connectivity index (χ4v) is 5.52. The first-order chi connectivity index (χ1) is 13.5. The SMILES string of the molecule is O=CC1(CCCCNCCP(F)SCC(=O)NCCCCC2(C=O)CC2)CC1. The van der Waals surface area contributed by atoms with Crippen molar-refractivity contribution in [3.8, 4) is 0 Å². The van der Waals surface area contributed by atoms with Crippen molar-refractivity contribution in [1.82, 2.24) is 10.6 Å². The van der Waals surface area contributed by atoms with Crippen molar-refractivity contribution in [2.45, 2.75) is 64.2 Å². The van der Waals surface area contributed by atoms with Crippen molar-refractivity contribution in [3.63, 3.8) is 0 Å². The van der Waals surface area contributed by atoms with E-state index in [4.69, 9.17) is 0 Å². The van der Waals surface area contributed by atoms with E-state index in [0.29, 0.717) is 19.3 Å². The largest absolute Gasteiger partial charge is 0.355 e. The van der Waals surface area contributed by atoms with Crippen LogP contribution < -0.4 is 10.6 Å². The number of carbonyl (C=O) groups is 3. The van der Waals surface area contributed by atoms with Gasteiger partial charge in [-0.2, -0.15) is 0 Å². The Morgan fingerprint density at radius 2 is 1.50 bits per heavy atom. The smallest absolute Gasteiger partial charge is 0.230 e. The summed E-state index contributed by atoms with van der Waals surface area (Å²) in [4.78, 5) is 33.5. The van der Waals surface area contributed by atoms with E-state index in [9.17, 15) is 18.6 Å². The van der Waals surface area contributed by atoms with Crippen LogP contribution in [0, 0.1) is 10.8 Å². The lowest BCUT2D eigenvalue weighted by atomic mass is 10.0. The van der Waals surface area contributed by atoms with E-state index in [1.807, 2.05) is 0 Å². The summed E-state index contributed by atoms with van der Waals surface area (Å²) >= 11 is 1.11. The molecule has 0 heterocycles. The highest BCUT2D eigenvalue weighted by Crippen LogP contribution is 2.50. The summed E-state index contributed by atoms with van der Waals surface area (Å²) in [5, 5.41) is 6.08. The van der Waals surface area contributed by atoms with Gasteiger partial charge in [0, 0.05) is 30.1 Å². The van der Waals surface area contributed by atoms with Crippen molar-refractivity contribution >= 4 is 37.3 Å². The van der Waals surface area contributed by atoms with Gasteiger partial charge in [-0.25, -0.2) is 4.20 Å². The fourth-order valence-electron chi connectivity index (χ4n) is 3.27. The summed E-state index contributed by atoms with van der Waals surface area (Å²) in [6.45, 7) is 2.09. The average Bonchev–Trinajstić information content (AvgIpc) is 3.62. The van der Waals surface area contributed by atoms with Gasteiger partial charge in [0.05, 0.1) is 5.75 Å². The van der Waals surface area contributed by atoms with Crippen LogP contribution in [-0.2, 0) is 14.4 Å². The predicted molar refractivity (Wildman–Crippen MR) is 114 cm³/mol. The predicted octanol–water partition coefficient (Wildman–Crippen LogP) is 4.01. The van der Waals surface area contributed by atoms with Crippen LogP contribution in [0.25, 0.3) is 0 Å². The van der Waals surface area contributed by atoms with Crippen LogP contribution in [0.2, 0.25) is 0 Å². The van der Waals surface area contributed by atoms with Crippen molar-refractivity contribution in [2.75, 3.05) is 31.5 Å². The van der Waals surface area contributed by atoms with Gasteiger partial charge in [0.1, 0.15) is 20.0 Å². The lowest BCUT2D eigenvalue weighted by Gasteiger charge is -2.10. The van der Waals surface area contributed by atoms with Gasteiger partial charge >= 0.3 is 0 Å². The molecular formula is C20H34FN2O3PS. The Labute approximate surface area is 173 Å². The topological polar surface area (TPSA) is 75.3 Å². The zero-order valence-corrected chi connectivity index (χ0v) is 18.4. The zero-order valence-electron chi connectivity index (χ0n) is 16.7. The van der Waals surface area contributed by atoms with Gasteiger partial charge in [0.15, 0.2) is 0 Å². The highest BCUT2D eigenvalue weighted by molar-refractivity contribution is 8.54. The maximum atomic E-state index is 13.9. The van der Waals surface area contributed by atoms with E-state index in [1.165, 1.54) is 0 Å². The van der Waals surface area contributed by atoms with Crippen molar-refractivity contribution in [2.24, 2.45) is 10.8 Å². The number of hydrogen-bond acceptors (Lipinski definition) is 5. The van der Waals surface area contributed by atoms with Gasteiger partial charge in [-0.05, 0) is 57.9 Å². The Bertz CT molecular complexity index is 516. The third-order valence-electron chi connectivity index (χ3n) is 5.79. The molecule has 0 spiro atoms. The molecule has 2 fully saturated rings. The summed E-state index contributed by atoms with van der Waals surface area (Å²) < 4.78 is 13.9. The molecule has 0 bridgehead atoms. The molecule has 8 heteroatoms. The average molecular weight is 433 g/mol. The molecule has 2 saturated carbocycles. The molecule has 2 aliphatic rings. The summed E-state index contributed by atoms with van der Waals surface area (Å²) in [6, 6.07) is 0. The van der Waals surface area contributed by atoms with Crippen molar-refractivity contribution < 1.29 is 18.6 Å². The number of amides is 1. The number of rotatable bonds is 18. The summed E-state index contributed by atoms with van der Waals surface area (Å²) in [5.41, 5.74) is -0.0494. The summed E-state index contributed by atoms with van der Waals surface area (Å²) in [6.07, 6.45) is 12.5. The lowest BCUT2D eigenvalue weighted by molar-refractivity contribution is -0.118. The van der Waals surface area contributed by atoms with E-state index in [1.54, 1.807) is 0 Å². The molecule has 160 valence electrons. The van der Waals surface area contributed by atoms with E-state index in [0.717, 1.165) is 94.7 Å². The second kappa shape index (κ2) is 12.2. The molecule has 1 amide bonds. The number of halogens is 1. The first-order valence-electron chi connectivity index (χ1n) is 10.5. The quantitative estimate of drug-likeness (QED) is 0.194. The zero-order chi connectivity index (χ0) is 20.3. The van der Waals surface area contributed by atoms with Gasteiger partial charge in [-0.3, -0.25) is 4.79 Å². The first kappa shape index (κ1) is 23.8. The Hall–Kier alpha value is -0.520. The molecular weight excluding hydrogens is 398 g/mol. The third kappa shape index (κ3) is 9.32. The molecule has 1 atom stereocenters. The Balaban J connectivity index is 1.34. The normalized spacial score (nSPS) is 19.6. The number of hydrogen-bond donors (Lipinski definition) is 2. The fraction of sp³-hybridized carbons (Fsp3) is 0.850. The van der Waals surface area contributed by atoms with E-state index in [-0.39, 0.29) is 22.5 Å². The standard InChI is InChI=1S/C20H34FN2O3PS/c21-27(14-13-22-11-3-1-5-19(16-24)7-8-19)28-15-18(26)23-12-4-2-6-20(17-25)9-10-20/h16-17,22H,1-15H2,(H,23,26). The first-order valence-corrected chi connectivity index (χ1v) is 13.5. The van der Waals surface area contributed by atoms with E-state index < -0.39 is 7.43 Å². The molecule has 0 aromatic rings. The molecule has 28 heavy (non-hydrogen) atoms. The molecule has 2 N–H and O–H groups in total. The van der Waals surface area contributed by atoms with Gasteiger partial charge in [0.25, 0.3) is 0 Å². The molecule has 1 unspecified atom stereocenters. The summed E-state index contributed by atoms with van der Waals surface area (Å²) in [5.74, 6) is 0.0673. The Kier molecular flexibility index (Phi) is 10.4. The number of unbranched alkanes of at least 4 members (excludes halogenated alkanes) is 2. The highest BCUT2D eigenvalue weighted by atomic mass is 32.7. The van der Waals surface area contributed by atoms with Gasteiger partial charge < -0.3 is 20.2 Å². The number of aldehydes is 2. The lowest BCUT2D eigenvalue weighted by Crippen LogP contribution is -2.26. The molecule has 2 aliphatic carbocycles. The van der Waals surface area contributed by atoms with Crippen LogP contribution in [0.15, 0.2) is 0 Å². The third-order valence-corrected chi connectivity index (χ3v) is 8.81. The second-order valence-corrected chi connectivity index (χ2v) is 11.9. The maximum absolute atomic E-state index is 13.9. The molecule has 0 aromatic heterocycles. The minimum absolute atomic E-state index is 0.000629. The van der Waals surface area contributed by atoms with Crippen LogP contribution in [0.3, 0.4) is 0 Å². The Morgan fingerprint density at radius 3 is 2.04 bits per heavy atom. The second-order valence-electron chi connectivity index (χ2n) is 8.29. The van der Waals surface area contributed by atoms with Crippen LogP contribution >= 0.6 is 18.8 Å². The van der Waals surface area contributed by atoms with Crippen LogP contribution in [0.1, 0.15) is 64.2 Å². The molecule has 0 aromatic carbocycles. The molecule has 0 aliphatic heterocycles.